The van der Waals surface area contributed by atoms with Gasteiger partial charge in [-0.1, -0.05) is 12.1 Å². The number of carbonyl (C=O) groups is 1. The Balaban J connectivity index is 2.21. The van der Waals surface area contributed by atoms with Crippen LogP contribution in [-0.2, 0) is 0 Å². The van der Waals surface area contributed by atoms with Gasteiger partial charge in [0.25, 0.3) is 11.5 Å². The molecule has 7 nitrogen and oxygen atoms in total. The van der Waals surface area contributed by atoms with Crippen molar-refractivity contribution in [3.63, 3.8) is 0 Å². The van der Waals surface area contributed by atoms with Gasteiger partial charge in [0, 0.05) is 6.04 Å². The summed E-state index contributed by atoms with van der Waals surface area (Å²) in [5, 5.41) is 10.4. The molecule has 0 fully saturated rings. The second-order valence-electron chi connectivity index (χ2n) is 5.10. The second kappa shape index (κ2) is 5.21. The fraction of sp³-hybridized carbons (Fsp3) is 0.286. The third kappa shape index (κ3) is 2.22. The maximum Gasteiger partial charge on any atom is 0.277 e. The van der Waals surface area contributed by atoms with E-state index in [1.807, 2.05) is 13.8 Å². The largest absolute Gasteiger partial charge is 0.348 e. The van der Waals surface area contributed by atoms with E-state index in [-0.39, 0.29) is 22.8 Å². The van der Waals surface area contributed by atoms with E-state index < -0.39 is 17.3 Å². The van der Waals surface area contributed by atoms with Crippen LogP contribution >= 0.6 is 0 Å². The van der Waals surface area contributed by atoms with Crippen LogP contribution in [-0.4, -0.2) is 31.8 Å². The average Bonchev–Trinajstić information content (AvgIpc) is 2.92. The van der Waals surface area contributed by atoms with Crippen LogP contribution in [0.2, 0.25) is 0 Å². The number of halogens is 1. The zero-order valence-corrected chi connectivity index (χ0v) is 12.1. The zero-order valence-electron chi connectivity index (χ0n) is 12.1. The standard InChI is InChI=1S/C14H14FN5O2/c1-3-7(2)16-13(21)11-12-14(22)17-9-6-8(15)4-5-10(9)20(12)19-18-11/h4-7H,3H2,1-2H3,(H,16,21)(H,17,22)/t7-/m0/s1. The third-order valence-corrected chi connectivity index (χ3v) is 3.53. The molecule has 0 aliphatic carbocycles. The summed E-state index contributed by atoms with van der Waals surface area (Å²) < 4.78 is 14.5. The number of aromatic nitrogens is 4. The van der Waals surface area contributed by atoms with Gasteiger partial charge in [0.05, 0.1) is 11.0 Å². The number of nitrogens with one attached hydrogen (secondary N) is 2. The minimum absolute atomic E-state index is 0.0416. The molecule has 22 heavy (non-hydrogen) atoms. The number of H-pyrrole nitrogens is 1. The summed E-state index contributed by atoms with van der Waals surface area (Å²) in [5.74, 6) is -0.936. The van der Waals surface area contributed by atoms with Gasteiger partial charge in [-0.05, 0) is 31.5 Å². The van der Waals surface area contributed by atoms with Crippen molar-refractivity contribution in [3.05, 3.63) is 40.1 Å². The summed E-state index contributed by atoms with van der Waals surface area (Å²) in [6.45, 7) is 3.79. The first-order chi connectivity index (χ1) is 10.5. The number of nitrogens with zero attached hydrogens (tertiary/aromatic N) is 3. The smallest absolute Gasteiger partial charge is 0.277 e. The van der Waals surface area contributed by atoms with E-state index in [0.717, 1.165) is 6.42 Å². The molecule has 0 saturated heterocycles. The average molecular weight is 303 g/mol. The number of amides is 1. The van der Waals surface area contributed by atoms with E-state index in [0.29, 0.717) is 5.52 Å². The van der Waals surface area contributed by atoms with Gasteiger partial charge in [-0.3, -0.25) is 9.59 Å². The van der Waals surface area contributed by atoms with Gasteiger partial charge in [-0.2, -0.15) is 0 Å². The maximum atomic E-state index is 13.3. The molecule has 2 aromatic heterocycles. The molecule has 0 bridgehead atoms. The van der Waals surface area contributed by atoms with Crippen molar-refractivity contribution in [3.8, 4) is 0 Å². The molecule has 2 N–H and O–H groups in total. The predicted octanol–water partition coefficient (Wildman–Crippen LogP) is 1.24. The monoisotopic (exact) mass is 303 g/mol. The van der Waals surface area contributed by atoms with Gasteiger partial charge in [0.1, 0.15) is 5.82 Å². The number of hydrogen-bond acceptors (Lipinski definition) is 4. The van der Waals surface area contributed by atoms with E-state index in [9.17, 15) is 14.0 Å². The molecule has 8 heteroatoms. The molecule has 114 valence electrons. The Labute approximate surface area is 124 Å². The molecule has 2 heterocycles. The number of aromatic amines is 1. The summed E-state index contributed by atoms with van der Waals surface area (Å²) in [7, 11) is 0. The molecule has 0 radical (unpaired) electrons. The van der Waals surface area contributed by atoms with Crippen LogP contribution in [0.3, 0.4) is 0 Å². The van der Waals surface area contributed by atoms with Gasteiger partial charge in [-0.15, -0.1) is 5.10 Å². The van der Waals surface area contributed by atoms with Crippen molar-refractivity contribution in [2.75, 3.05) is 0 Å². The summed E-state index contributed by atoms with van der Waals surface area (Å²) in [4.78, 5) is 26.9. The SMILES string of the molecule is CC[C@H](C)NC(=O)c1nnn2c1c(=O)[nH]c1cc(F)ccc12. The Morgan fingerprint density at radius 3 is 3.00 bits per heavy atom. The first-order valence-corrected chi connectivity index (χ1v) is 6.89. The fourth-order valence-corrected chi connectivity index (χ4v) is 2.18. The quantitative estimate of drug-likeness (QED) is 0.761. The number of hydrogen-bond donors (Lipinski definition) is 2. The Morgan fingerprint density at radius 2 is 2.27 bits per heavy atom. The zero-order chi connectivity index (χ0) is 15.9. The molecule has 0 aliphatic rings. The van der Waals surface area contributed by atoms with E-state index >= 15 is 0 Å². The minimum atomic E-state index is -0.544. The molecule has 1 aromatic carbocycles. The van der Waals surface area contributed by atoms with E-state index in [1.165, 1.54) is 22.7 Å². The Bertz CT molecular complexity index is 930. The lowest BCUT2D eigenvalue weighted by Gasteiger charge is -2.09. The summed E-state index contributed by atoms with van der Waals surface area (Å²) in [5.41, 5.74) is 0.201. The van der Waals surface area contributed by atoms with Crippen molar-refractivity contribution in [2.45, 2.75) is 26.3 Å². The molecular formula is C14H14FN5O2. The molecule has 0 saturated carbocycles. The second-order valence-corrected chi connectivity index (χ2v) is 5.10. The molecule has 0 unspecified atom stereocenters. The van der Waals surface area contributed by atoms with Crippen LogP contribution in [0.15, 0.2) is 23.0 Å². The van der Waals surface area contributed by atoms with Crippen molar-refractivity contribution >= 4 is 22.5 Å². The van der Waals surface area contributed by atoms with Crippen LogP contribution in [0.25, 0.3) is 16.6 Å². The maximum absolute atomic E-state index is 13.3. The predicted molar refractivity (Wildman–Crippen MR) is 78.3 cm³/mol. The van der Waals surface area contributed by atoms with Crippen LogP contribution in [0.4, 0.5) is 4.39 Å². The lowest BCUT2D eigenvalue weighted by molar-refractivity contribution is 0.0935. The molecule has 1 amide bonds. The fourth-order valence-electron chi connectivity index (χ4n) is 2.18. The number of benzene rings is 1. The van der Waals surface area contributed by atoms with Crippen molar-refractivity contribution in [2.24, 2.45) is 0 Å². The molecular weight excluding hydrogens is 289 g/mol. The molecule has 3 rings (SSSR count). The third-order valence-electron chi connectivity index (χ3n) is 3.53. The normalized spacial score (nSPS) is 12.7. The number of fused-ring (bicyclic) bond motifs is 3. The van der Waals surface area contributed by atoms with E-state index in [2.05, 4.69) is 20.6 Å². The molecule has 3 aromatic rings. The Morgan fingerprint density at radius 1 is 1.50 bits per heavy atom. The van der Waals surface area contributed by atoms with Gasteiger partial charge in [0.2, 0.25) is 0 Å². The highest BCUT2D eigenvalue weighted by Gasteiger charge is 2.20. The summed E-state index contributed by atoms with van der Waals surface area (Å²) in [6, 6.07) is 3.87. The Kier molecular flexibility index (Phi) is 3.36. The molecule has 1 atom stereocenters. The van der Waals surface area contributed by atoms with Gasteiger partial charge < -0.3 is 10.3 Å². The van der Waals surface area contributed by atoms with Crippen molar-refractivity contribution in [1.82, 2.24) is 25.1 Å². The lowest BCUT2D eigenvalue weighted by Crippen LogP contribution is -2.33. The van der Waals surface area contributed by atoms with E-state index in [1.54, 1.807) is 0 Å². The van der Waals surface area contributed by atoms with Gasteiger partial charge in [-0.25, -0.2) is 8.91 Å². The van der Waals surface area contributed by atoms with Crippen LogP contribution in [0.1, 0.15) is 30.8 Å². The summed E-state index contributed by atoms with van der Waals surface area (Å²) >= 11 is 0. The highest BCUT2D eigenvalue weighted by Crippen LogP contribution is 2.14. The van der Waals surface area contributed by atoms with Crippen molar-refractivity contribution < 1.29 is 9.18 Å². The summed E-state index contributed by atoms with van der Waals surface area (Å²) in [6.07, 6.45) is 0.753. The Hall–Kier alpha value is -2.77. The lowest BCUT2D eigenvalue weighted by atomic mass is 10.2. The van der Waals surface area contributed by atoms with Crippen LogP contribution < -0.4 is 10.9 Å². The number of rotatable bonds is 3. The van der Waals surface area contributed by atoms with Gasteiger partial charge >= 0.3 is 0 Å². The van der Waals surface area contributed by atoms with Crippen LogP contribution in [0, 0.1) is 5.82 Å². The van der Waals surface area contributed by atoms with Gasteiger partial charge in [0.15, 0.2) is 11.2 Å². The molecule has 0 spiro atoms. The van der Waals surface area contributed by atoms with E-state index in [4.69, 9.17) is 0 Å². The van der Waals surface area contributed by atoms with Crippen LogP contribution in [0.5, 0.6) is 0 Å². The number of carbonyl (C=O) groups excluding carboxylic acids is 1. The minimum Gasteiger partial charge on any atom is -0.348 e. The molecule has 0 aliphatic heterocycles. The first kappa shape index (κ1) is 14.2. The van der Waals surface area contributed by atoms with Crippen molar-refractivity contribution in [1.29, 1.82) is 0 Å². The first-order valence-electron chi connectivity index (χ1n) is 6.89. The highest BCUT2D eigenvalue weighted by molar-refractivity contribution is 5.99. The highest BCUT2D eigenvalue weighted by atomic mass is 19.1. The topological polar surface area (TPSA) is 92.2 Å².